The van der Waals surface area contributed by atoms with Crippen LogP contribution in [0.3, 0.4) is 0 Å². The SMILES string of the molecule is CCN(CC)C(=O)c1ccc(NC(=O)N2Cc3cc(F)ccc3CC2C)cc1. The highest BCUT2D eigenvalue weighted by molar-refractivity contribution is 5.95. The molecule has 3 rings (SSSR count). The van der Waals surface area contributed by atoms with Crippen molar-refractivity contribution in [1.82, 2.24) is 9.80 Å². The first-order valence-corrected chi connectivity index (χ1v) is 9.67. The fraction of sp³-hybridized carbons (Fsp3) is 0.364. The quantitative estimate of drug-likeness (QED) is 0.856. The Kier molecular flexibility index (Phi) is 5.97. The second-order valence-corrected chi connectivity index (χ2v) is 7.08. The molecule has 5 nitrogen and oxygen atoms in total. The van der Waals surface area contributed by atoms with E-state index in [1.165, 1.54) is 12.1 Å². The van der Waals surface area contributed by atoms with Gasteiger partial charge in [-0.1, -0.05) is 6.07 Å². The molecule has 3 amide bonds. The first-order chi connectivity index (χ1) is 13.4. The predicted octanol–water partition coefficient (Wildman–Crippen LogP) is 4.29. The number of anilines is 1. The number of amides is 3. The normalized spacial score (nSPS) is 15.7. The Morgan fingerprint density at radius 2 is 1.79 bits per heavy atom. The lowest BCUT2D eigenvalue weighted by molar-refractivity contribution is 0.0773. The van der Waals surface area contributed by atoms with Gasteiger partial charge in [0.25, 0.3) is 5.91 Å². The van der Waals surface area contributed by atoms with Crippen LogP contribution in [0.25, 0.3) is 0 Å². The van der Waals surface area contributed by atoms with Crippen LogP contribution in [0.5, 0.6) is 0 Å². The van der Waals surface area contributed by atoms with E-state index < -0.39 is 0 Å². The van der Waals surface area contributed by atoms with Gasteiger partial charge in [0.2, 0.25) is 0 Å². The first-order valence-electron chi connectivity index (χ1n) is 9.67. The highest BCUT2D eigenvalue weighted by atomic mass is 19.1. The topological polar surface area (TPSA) is 52.7 Å². The zero-order valence-corrected chi connectivity index (χ0v) is 16.5. The first kappa shape index (κ1) is 19.9. The van der Waals surface area contributed by atoms with Gasteiger partial charge in [0.15, 0.2) is 0 Å². The van der Waals surface area contributed by atoms with Crippen molar-refractivity contribution in [3.05, 3.63) is 65.0 Å². The second-order valence-electron chi connectivity index (χ2n) is 7.08. The van der Waals surface area contributed by atoms with E-state index in [1.807, 2.05) is 20.8 Å². The van der Waals surface area contributed by atoms with E-state index in [4.69, 9.17) is 0 Å². The molecule has 2 aromatic rings. The molecular formula is C22H26FN3O2. The smallest absolute Gasteiger partial charge is 0.322 e. The Morgan fingerprint density at radius 3 is 2.43 bits per heavy atom. The molecule has 1 atom stereocenters. The molecule has 0 spiro atoms. The van der Waals surface area contributed by atoms with Crippen LogP contribution in [0, 0.1) is 5.82 Å². The molecule has 6 heteroatoms. The van der Waals surface area contributed by atoms with Crippen molar-refractivity contribution < 1.29 is 14.0 Å². The highest BCUT2D eigenvalue weighted by Crippen LogP contribution is 2.25. The summed E-state index contributed by atoms with van der Waals surface area (Å²) in [5.41, 5.74) is 3.14. The number of fused-ring (bicyclic) bond motifs is 1. The summed E-state index contributed by atoms with van der Waals surface area (Å²) in [6.07, 6.45) is 0.695. The summed E-state index contributed by atoms with van der Waals surface area (Å²) in [5.74, 6) is -0.312. The molecule has 28 heavy (non-hydrogen) atoms. The maximum atomic E-state index is 13.5. The number of nitrogens with zero attached hydrogens (tertiary/aromatic N) is 2. The summed E-state index contributed by atoms with van der Waals surface area (Å²) in [6, 6.07) is 11.4. The van der Waals surface area contributed by atoms with Gasteiger partial charge < -0.3 is 15.1 Å². The third kappa shape index (κ3) is 4.16. The molecule has 148 valence electrons. The zero-order valence-electron chi connectivity index (χ0n) is 16.5. The minimum absolute atomic E-state index is 0.0153. The van der Waals surface area contributed by atoms with Gasteiger partial charge in [-0.25, -0.2) is 9.18 Å². The molecule has 1 N–H and O–H groups in total. The second kappa shape index (κ2) is 8.42. The number of carbonyl (C=O) groups excluding carboxylic acids is 2. The fourth-order valence-electron chi connectivity index (χ4n) is 3.57. The number of urea groups is 1. The van der Waals surface area contributed by atoms with Gasteiger partial charge in [0, 0.05) is 36.9 Å². The molecule has 1 aliphatic heterocycles. The van der Waals surface area contributed by atoms with E-state index in [9.17, 15) is 14.0 Å². The maximum Gasteiger partial charge on any atom is 0.322 e. The van der Waals surface area contributed by atoms with Gasteiger partial charge in [0.1, 0.15) is 5.82 Å². The molecule has 1 heterocycles. The monoisotopic (exact) mass is 383 g/mol. The van der Waals surface area contributed by atoms with Crippen LogP contribution in [-0.4, -0.2) is 40.9 Å². The number of carbonyl (C=O) groups is 2. The molecule has 0 saturated carbocycles. The van der Waals surface area contributed by atoms with Gasteiger partial charge in [-0.3, -0.25) is 4.79 Å². The molecule has 0 saturated heterocycles. The number of benzene rings is 2. The van der Waals surface area contributed by atoms with Crippen LogP contribution in [0.4, 0.5) is 14.9 Å². The lowest BCUT2D eigenvalue weighted by Crippen LogP contribution is -2.44. The van der Waals surface area contributed by atoms with E-state index >= 15 is 0 Å². The average molecular weight is 383 g/mol. The third-order valence-corrected chi connectivity index (χ3v) is 5.25. The number of halogens is 1. The Balaban J connectivity index is 1.68. The van der Waals surface area contributed by atoms with Gasteiger partial charge in [-0.2, -0.15) is 0 Å². The Morgan fingerprint density at radius 1 is 1.11 bits per heavy atom. The van der Waals surface area contributed by atoms with Crippen molar-refractivity contribution in [1.29, 1.82) is 0 Å². The minimum Gasteiger partial charge on any atom is -0.339 e. The van der Waals surface area contributed by atoms with Crippen molar-refractivity contribution in [3.8, 4) is 0 Å². The molecule has 0 bridgehead atoms. The summed E-state index contributed by atoms with van der Waals surface area (Å²) >= 11 is 0. The zero-order chi connectivity index (χ0) is 20.3. The van der Waals surface area contributed by atoms with E-state index in [0.717, 1.165) is 11.1 Å². The molecule has 0 aliphatic carbocycles. The Labute approximate surface area is 165 Å². The number of nitrogens with one attached hydrogen (secondary N) is 1. The largest absolute Gasteiger partial charge is 0.339 e. The van der Waals surface area contributed by atoms with Crippen molar-refractivity contribution >= 4 is 17.6 Å². The highest BCUT2D eigenvalue weighted by Gasteiger charge is 2.27. The molecule has 0 fully saturated rings. The lowest BCUT2D eigenvalue weighted by Gasteiger charge is -2.35. The molecule has 0 radical (unpaired) electrons. The summed E-state index contributed by atoms with van der Waals surface area (Å²) in [6.45, 7) is 7.56. The number of rotatable bonds is 4. The van der Waals surface area contributed by atoms with Crippen LogP contribution >= 0.6 is 0 Å². The molecule has 0 aromatic heterocycles. The number of hydrogen-bond donors (Lipinski definition) is 1. The van der Waals surface area contributed by atoms with Gasteiger partial charge >= 0.3 is 6.03 Å². The van der Waals surface area contributed by atoms with Crippen LogP contribution in [-0.2, 0) is 13.0 Å². The van der Waals surface area contributed by atoms with Crippen molar-refractivity contribution in [2.24, 2.45) is 0 Å². The van der Waals surface area contributed by atoms with Crippen molar-refractivity contribution in [3.63, 3.8) is 0 Å². The molecule has 1 aliphatic rings. The molecular weight excluding hydrogens is 357 g/mol. The van der Waals surface area contributed by atoms with E-state index in [1.54, 1.807) is 40.1 Å². The van der Waals surface area contributed by atoms with E-state index in [0.29, 0.717) is 37.3 Å². The summed E-state index contributed by atoms with van der Waals surface area (Å²) in [4.78, 5) is 28.6. The van der Waals surface area contributed by atoms with Gasteiger partial charge in [-0.15, -0.1) is 0 Å². The maximum absolute atomic E-state index is 13.5. The van der Waals surface area contributed by atoms with Crippen LogP contribution in [0.2, 0.25) is 0 Å². The minimum atomic E-state index is -0.290. The third-order valence-electron chi connectivity index (χ3n) is 5.25. The van der Waals surface area contributed by atoms with Gasteiger partial charge in [0.05, 0.1) is 0 Å². The van der Waals surface area contributed by atoms with Crippen molar-refractivity contribution in [2.75, 3.05) is 18.4 Å². The standard InChI is InChI=1S/C22H26FN3O2/c1-4-25(5-2)21(27)16-7-10-20(11-8-16)24-22(28)26-14-18-13-19(23)9-6-17(18)12-15(26)3/h6-11,13,15H,4-5,12,14H2,1-3H3,(H,24,28). The fourth-order valence-corrected chi connectivity index (χ4v) is 3.57. The molecule has 2 aromatic carbocycles. The Bertz CT molecular complexity index is 863. The van der Waals surface area contributed by atoms with Crippen LogP contribution in [0.15, 0.2) is 42.5 Å². The Hall–Kier alpha value is -2.89. The summed E-state index contributed by atoms with van der Waals surface area (Å²) < 4.78 is 13.5. The average Bonchev–Trinajstić information content (AvgIpc) is 2.69. The van der Waals surface area contributed by atoms with E-state index in [-0.39, 0.29) is 23.8 Å². The predicted molar refractivity (Wildman–Crippen MR) is 108 cm³/mol. The number of hydrogen-bond acceptors (Lipinski definition) is 2. The lowest BCUT2D eigenvalue weighted by atomic mass is 9.95. The van der Waals surface area contributed by atoms with Crippen molar-refractivity contribution in [2.45, 2.75) is 39.8 Å². The summed E-state index contributed by atoms with van der Waals surface area (Å²) in [7, 11) is 0. The summed E-state index contributed by atoms with van der Waals surface area (Å²) in [5, 5.41) is 2.88. The van der Waals surface area contributed by atoms with Gasteiger partial charge in [-0.05, 0) is 74.7 Å². The van der Waals surface area contributed by atoms with Crippen LogP contribution in [0.1, 0.15) is 42.3 Å². The van der Waals surface area contributed by atoms with E-state index in [2.05, 4.69) is 5.32 Å². The van der Waals surface area contributed by atoms with Crippen LogP contribution < -0.4 is 5.32 Å². The molecule has 1 unspecified atom stereocenters.